The maximum Gasteiger partial charge on any atom is 0.471 e. The Labute approximate surface area is 215 Å². The Morgan fingerprint density at radius 2 is 1.82 bits per heavy atom. The number of hydrogen-bond acceptors (Lipinski definition) is 5. The van der Waals surface area contributed by atoms with Crippen molar-refractivity contribution in [1.29, 1.82) is 5.26 Å². The van der Waals surface area contributed by atoms with Crippen molar-refractivity contribution in [3.05, 3.63) is 0 Å². The fraction of sp³-hybridized carbons (Fsp3) is 0.792. The van der Waals surface area contributed by atoms with Crippen LogP contribution >= 0.6 is 0 Å². The average Bonchev–Trinajstić information content (AvgIpc) is 3.21. The van der Waals surface area contributed by atoms with Crippen molar-refractivity contribution in [1.82, 2.24) is 20.9 Å². The van der Waals surface area contributed by atoms with Gasteiger partial charge >= 0.3 is 12.1 Å². The highest BCUT2D eigenvalue weighted by Crippen LogP contribution is 2.49. The highest BCUT2D eigenvalue weighted by molar-refractivity contribution is 5.94. The first-order chi connectivity index (χ1) is 17.8. The third kappa shape index (κ3) is 5.71. The summed E-state index contributed by atoms with van der Waals surface area (Å²) >= 11 is 0. The zero-order chi connectivity index (χ0) is 27.8. The fourth-order valence-corrected chi connectivity index (χ4v) is 6.08. The molecule has 0 unspecified atom stereocenters. The molecule has 0 aromatic heterocycles. The number of carbonyl (C=O) groups is 4. The van der Waals surface area contributed by atoms with Gasteiger partial charge < -0.3 is 20.9 Å². The van der Waals surface area contributed by atoms with Crippen molar-refractivity contribution < 1.29 is 41.1 Å². The number of nitrogens with one attached hydrogen (secondary N) is 3. The van der Waals surface area contributed by atoms with E-state index in [1.165, 1.54) is 0 Å². The van der Waals surface area contributed by atoms with Gasteiger partial charge in [0.2, 0.25) is 17.7 Å². The Morgan fingerprint density at radius 3 is 2.34 bits per heavy atom. The van der Waals surface area contributed by atoms with Gasteiger partial charge in [0.1, 0.15) is 18.1 Å². The van der Waals surface area contributed by atoms with Crippen LogP contribution in [0.1, 0.15) is 57.8 Å². The normalized spacial score (nSPS) is 30.0. The quantitative estimate of drug-likeness (QED) is 0.399. The number of halogens is 5. The molecular weight excluding hydrogens is 517 g/mol. The fourth-order valence-electron chi connectivity index (χ4n) is 6.08. The molecule has 0 radical (unpaired) electrons. The van der Waals surface area contributed by atoms with Crippen LogP contribution < -0.4 is 16.0 Å². The minimum Gasteiger partial charge on any atom is -0.356 e. The Hall–Kier alpha value is -2.98. The lowest BCUT2D eigenvalue weighted by Gasteiger charge is -2.54. The van der Waals surface area contributed by atoms with E-state index in [2.05, 4.69) is 10.6 Å². The highest BCUT2D eigenvalue weighted by Gasteiger charge is 2.61. The van der Waals surface area contributed by atoms with Gasteiger partial charge in [-0.2, -0.15) is 18.4 Å². The van der Waals surface area contributed by atoms with Gasteiger partial charge in [-0.15, -0.1) is 0 Å². The summed E-state index contributed by atoms with van der Waals surface area (Å²) in [5, 5.41) is 16.3. The minimum atomic E-state index is -5.25. The number of alkyl halides is 5. The van der Waals surface area contributed by atoms with Crippen LogP contribution in [0.2, 0.25) is 0 Å². The van der Waals surface area contributed by atoms with E-state index in [0.717, 1.165) is 11.3 Å². The first kappa shape index (κ1) is 28.0. The second-order valence-electron chi connectivity index (χ2n) is 10.8. The lowest BCUT2D eigenvalue weighted by atomic mass is 9.71. The monoisotopic (exact) mass is 547 g/mol. The van der Waals surface area contributed by atoms with E-state index in [1.54, 1.807) is 5.32 Å². The van der Waals surface area contributed by atoms with E-state index >= 15 is 0 Å². The number of nitrogens with zero attached hydrogens (tertiary/aromatic N) is 2. The van der Waals surface area contributed by atoms with E-state index in [0.29, 0.717) is 25.8 Å². The number of hydrogen-bond donors (Lipinski definition) is 3. The van der Waals surface area contributed by atoms with Gasteiger partial charge in [-0.05, 0) is 38.0 Å². The van der Waals surface area contributed by atoms with Gasteiger partial charge in [0.25, 0.3) is 5.92 Å². The summed E-state index contributed by atoms with van der Waals surface area (Å²) < 4.78 is 68.9. The Kier molecular flexibility index (Phi) is 7.86. The van der Waals surface area contributed by atoms with Gasteiger partial charge in [0.15, 0.2) is 0 Å². The molecule has 5 fully saturated rings. The van der Waals surface area contributed by atoms with Crippen molar-refractivity contribution in [3.63, 3.8) is 0 Å². The van der Waals surface area contributed by atoms with Crippen LogP contribution in [0.4, 0.5) is 22.0 Å². The third-order valence-electron chi connectivity index (χ3n) is 8.27. The van der Waals surface area contributed by atoms with Crippen LogP contribution in [0.15, 0.2) is 0 Å². The third-order valence-corrected chi connectivity index (χ3v) is 8.27. The summed E-state index contributed by atoms with van der Waals surface area (Å²) in [6, 6.07) is -3.83. The molecule has 14 heteroatoms. The minimum absolute atomic E-state index is 0.0504. The molecule has 2 aliphatic carbocycles. The molecule has 38 heavy (non-hydrogen) atoms. The predicted molar refractivity (Wildman–Crippen MR) is 120 cm³/mol. The molecule has 5 aliphatic rings. The van der Waals surface area contributed by atoms with Crippen LogP contribution in [0.3, 0.4) is 0 Å². The van der Waals surface area contributed by atoms with Gasteiger partial charge in [-0.3, -0.25) is 19.2 Å². The van der Waals surface area contributed by atoms with Crippen molar-refractivity contribution in [3.8, 4) is 6.07 Å². The summed E-state index contributed by atoms with van der Waals surface area (Å²) in [5.74, 6) is -10.2. The van der Waals surface area contributed by atoms with Crippen molar-refractivity contribution in [2.75, 3.05) is 6.54 Å². The summed E-state index contributed by atoms with van der Waals surface area (Å²) in [6.45, 7) is 0.405. The molecule has 3 saturated heterocycles. The molecule has 2 saturated carbocycles. The molecule has 9 nitrogen and oxygen atoms in total. The Balaban J connectivity index is 1.58. The predicted octanol–water partition coefficient (Wildman–Crippen LogP) is 1.77. The van der Waals surface area contributed by atoms with Crippen LogP contribution in [0, 0.1) is 29.1 Å². The lowest BCUT2D eigenvalue weighted by Crippen LogP contribution is -2.71. The number of amides is 4. The van der Waals surface area contributed by atoms with Crippen LogP contribution in [0.5, 0.6) is 0 Å². The summed E-state index contributed by atoms with van der Waals surface area (Å²) in [6.07, 6.45) is -3.56. The molecule has 6 atom stereocenters. The first-order valence-electron chi connectivity index (χ1n) is 12.9. The summed E-state index contributed by atoms with van der Waals surface area (Å²) in [7, 11) is 0. The van der Waals surface area contributed by atoms with Gasteiger partial charge in [-0.25, -0.2) is 8.78 Å². The van der Waals surface area contributed by atoms with Crippen molar-refractivity contribution >= 4 is 23.6 Å². The largest absolute Gasteiger partial charge is 0.471 e. The molecule has 3 aliphatic heterocycles. The Bertz CT molecular complexity index is 1010. The molecule has 2 bridgehead atoms. The van der Waals surface area contributed by atoms with E-state index in [4.69, 9.17) is 0 Å². The number of fused-ring (bicyclic) bond motifs is 3. The van der Waals surface area contributed by atoms with Crippen molar-refractivity contribution in [2.24, 2.45) is 17.8 Å². The molecule has 0 spiro atoms. The Morgan fingerprint density at radius 1 is 1.11 bits per heavy atom. The molecule has 210 valence electrons. The maximum absolute atomic E-state index is 14.9. The summed E-state index contributed by atoms with van der Waals surface area (Å²) in [5.41, 5.74) is 0. The number of nitriles is 1. The number of carbonyl (C=O) groups excluding carboxylic acids is 4. The van der Waals surface area contributed by atoms with Crippen LogP contribution in [0.25, 0.3) is 0 Å². The number of rotatable bonds is 8. The standard InChI is InChI=1S/C24H30F5N5O4/c25-23(26)10-15-4-5-16(23)18(20(36)32-14(11-30)9-13-6-7-31-19(13)35)34(15)21(37)17(8-12-2-1-3-12)33-22(38)24(27,28)29/h12-18H,1-10H2,(H,31,35)(H,32,36)(H,33,38)/t13-,14-,15-,16-,17+,18+/m1/s1. The first-order valence-corrected chi connectivity index (χ1v) is 12.9. The van der Waals surface area contributed by atoms with Crippen LogP contribution in [-0.2, 0) is 19.2 Å². The topological polar surface area (TPSA) is 131 Å². The molecule has 4 amide bonds. The molecule has 3 N–H and O–H groups in total. The molecular formula is C24H30F5N5O4. The second kappa shape index (κ2) is 10.6. The van der Waals surface area contributed by atoms with Gasteiger partial charge in [0, 0.05) is 24.9 Å². The SMILES string of the molecule is N#C[C@@H](C[C@H]1CCNC1=O)NC(=O)[C@@H]1[C@H]2CC[C@H](CC2(F)F)N1C(=O)[C@H](CC1CCC1)NC(=O)C(F)(F)F. The van der Waals surface area contributed by atoms with E-state index in [-0.39, 0.29) is 37.5 Å². The average molecular weight is 548 g/mol. The van der Waals surface area contributed by atoms with E-state index in [9.17, 15) is 46.4 Å². The van der Waals surface area contributed by atoms with E-state index in [1.807, 2.05) is 6.07 Å². The zero-order valence-electron chi connectivity index (χ0n) is 20.5. The van der Waals surface area contributed by atoms with Crippen LogP contribution in [-0.4, -0.2) is 71.3 Å². The number of piperidine rings is 2. The molecule has 0 aromatic carbocycles. The second-order valence-corrected chi connectivity index (χ2v) is 10.8. The van der Waals surface area contributed by atoms with Gasteiger partial charge in [-0.1, -0.05) is 19.3 Å². The van der Waals surface area contributed by atoms with E-state index < -0.39 is 72.2 Å². The molecule has 0 aromatic rings. The van der Waals surface area contributed by atoms with Crippen molar-refractivity contribution in [2.45, 2.75) is 94.1 Å². The zero-order valence-corrected chi connectivity index (χ0v) is 20.5. The lowest BCUT2D eigenvalue weighted by molar-refractivity contribution is -0.196. The van der Waals surface area contributed by atoms with Gasteiger partial charge in [0.05, 0.1) is 12.0 Å². The molecule has 3 heterocycles. The maximum atomic E-state index is 14.9. The molecule has 5 rings (SSSR count). The highest BCUT2D eigenvalue weighted by atomic mass is 19.4. The smallest absolute Gasteiger partial charge is 0.356 e. The summed E-state index contributed by atoms with van der Waals surface area (Å²) in [4.78, 5) is 51.5.